The Morgan fingerprint density at radius 2 is 0.511 bits per heavy atom. The number of ether oxygens (including phenoxy) is 3. The Bertz CT molecular complexity index is 1790. The Morgan fingerprint density at radius 1 is 0.255 bits per heavy atom. The van der Waals surface area contributed by atoms with Crippen molar-refractivity contribution in [3.8, 4) is 12.2 Å². The van der Waals surface area contributed by atoms with Crippen LogP contribution in [0.1, 0.15) is 111 Å². The molecule has 0 aromatic carbocycles. The molecule has 0 fully saturated rings. The van der Waals surface area contributed by atoms with Gasteiger partial charge in [0.05, 0.1) is 26.9 Å². The maximum atomic E-state index is 6.80. The monoisotopic (exact) mass is 1610 g/mol. The molecule has 0 amide bonds. The lowest BCUT2D eigenvalue weighted by molar-refractivity contribution is -0.618. The Hall–Kier alpha value is 1.73. The summed E-state index contributed by atoms with van der Waals surface area (Å²) in [6.07, 6.45) is 11.4. The van der Waals surface area contributed by atoms with E-state index in [2.05, 4.69) is 255 Å². The van der Waals surface area contributed by atoms with Crippen LogP contribution in [0.3, 0.4) is 0 Å². The summed E-state index contributed by atoms with van der Waals surface area (Å²) in [5.41, 5.74) is 0. The fourth-order valence-corrected chi connectivity index (χ4v) is 80.8. The van der Waals surface area contributed by atoms with Crippen LogP contribution in [0.15, 0.2) is 0 Å². The SMILES string of the molecule is C.C.C.C.C.C.C.C.CCCC[Si](C)(O[Si](C)(C)O[Si](C)(C)C)O[Si](C)(C)O[Si](C)(C)C.COC#COOOOCCCC[Si](C)(O[Si](C)(C)O[Si](C)(C)C)O[Si](C)(C)O[Si](C)(C)C.COCCOCCCCC[Si](C)(O[Si](C)(C)O[Si](C)(C)C)O[Si](C)(C)O[Si](C)(C)C. The number of methoxy groups -OCH3 is 2. The highest BCUT2D eigenvalue weighted by atomic mass is 28.5. The Morgan fingerprint density at radius 3 is 0.755 bits per heavy atom. The lowest BCUT2D eigenvalue weighted by Gasteiger charge is -2.43. The van der Waals surface area contributed by atoms with Crippen LogP contribution < -0.4 is 0 Å². The fourth-order valence-electron chi connectivity index (χ4n) is 10.4. The van der Waals surface area contributed by atoms with Crippen molar-refractivity contribution in [3.05, 3.63) is 0 Å². The standard InChI is InChI=1S/C19H50O6Si5.C18H44O9Si5.C15H42O4Si5.8CH4/c1-20-17-18-21-16-14-13-15-19-30(12,24-28(8,9)22-26(2,3)4)25-29(10,11)23-27(5,6)7;1-19-16-17-21-23-22-20-15-13-14-18-32(12,26-30(8,9)24-28(2,3)4)27-31(10,11)25-29(5,6)7;1-13-14-15-24(12,18-22(8,9)16-20(2,3)4)19-23(10,11)17-21(5,6)7;;;;;;;;/h13-19H2,1-12H3;13-15,18H2,1-12H3;13-15H2,1-12H3;8*1H4. The van der Waals surface area contributed by atoms with Crippen molar-refractivity contribution in [3.63, 3.8) is 0 Å². The smallest absolute Gasteiger partial charge is 0.317 e. The summed E-state index contributed by atoms with van der Waals surface area (Å²) in [5.74, 6) is 0. The van der Waals surface area contributed by atoms with Crippen molar-refractivity contribution in [1.82, 2.24) is 0 Å². The molecule has 0 saturated carbocycles. The van der Waals surface area contributed by atoms with Crippen LogP contribution in [0, 0.1) is 12.2 Å². The highest BCUT2D eigenvalue weighted by molar-refractivity contribution is 6.93. The molecule has 0 N–H and O–H groups in total. The quantitative estimate of drug-likeness (QED) is 0.0185. The van der Waals surface area contributed by atoms with Gasteiger partial charge in [-0.1, -0.05) is 92.0 Å². The first-order chi connectivity index (χ1) is 38.2. The topological polar surface area (TPSA) is 175 Å². The van der Waals surface area contributed by atoms with Gasteiger partial charge in [-0.25, -0.2) is 9.78 Å². The van der Waals surface area contributed by atoms with Crippen molar-refractivity contribution in [2.75, 3.05) is 40.6 Å². The zero-order chi connectivity index (χ0) is 68.2. The van der Waals surface area contributed by atoms with E-state index in [1.807, 2.05) is 0 Å². The van der Waals surface area contributed by atoms with Crippen molar-refractivity contribution < 1.29 is 83.4 Å². The summed E-state index contributed by atoms with van der Waals surface area (Å²) in [5, 5.41) is 8.71. The second kappa shape index (κ2) is 51.8. The zero-order valence-corrected chi connectivity index (χ0v) is 77.2. The van der Waals surface area contributed by atoms with E-state index < -0.39 is 127 Å². The molecule has 0 spiro atoms. The Kier molecular flexibility index (Phi) is 66.0. The van der Waals surface area contributed by atoms with Gasteiger partial charge in [-0.2, -0.15) is 0 Å². The van der Waals surface area contributed by atoms with Crippen molar-refractivity contribution >= 4 is 127 Å². The molecular weight excluding hydrogens is 1450 g/mol. The van der Waals surface area contributed by atoms with Gasteiger partial charge in [0, 0.05) is 18.8 Å². The number of hydrogen-bond donors (Lipinski definition) is 0. The van der Waals surface area contributed by atoms with Gasteiger partial charge in [0.2, 0.25) is 6.11 Å². The molecule has 0 aliphatic rings. The second-order valence-electron chi connectivity index (χ2n) is 31.1. The summed E-state index contributed by atoms with van der Waals surface area (Å²) in [7, 11) is -28.1. The van der Waals surface area contributed by atoms with E-state index in [1.54, 1.807) is 7.11 Å². The number of hydrogen-bond acceptors (Lipinski definition) is 19. The Balaban J connectivity index is -0.000000118. The van der Waals surface area contributed by atoms with Gasteiger partial charge in [-0.05, 0) is 258 Å². The minimum atomic E-state index is -2.58. The van der Waals surface area contributed by atoms with Crippen LogP contribution in [0.4, 0.5) is 0 Å². The van der Waals surface area contributed by atoms with E-state index >= 15 is 0 Å². The summed E-state index contributed by atoms with van der Waals surface area (Å²) in [6.45, 7) is 76.7. The predicted octanol–water partition coefficient (Wildman–Crippen LogP) is 22.5. The lowest BCUT2D eigenvalue weighted by atomic mass is 10.3. The molecule has 0 heterocycles. The molecule has 0 bridgehead atoms. The summed E-state index contributed by atoms with van der Waals surface area (Å²) in [4.78, 5) is 9.26. The molecular formula is C60H168O19Si15. The summed E-state index contributed by atoms with van der Waals surface area (Å²) >= 11 is 0. The minimum Gasteiger partial charge on any atom is -0.448 e. The Labute approximate surface area is 604 Å². The van der Waals surface area contributed by atoms with Gasteiger partial charge in [0.1, 0.15) is 0 Å². The average Bonchev–Trinajstić information content (AvgIpc) is 0.880. The number of unbranched alkanes of at least 4 members (excludes halogenated alkanes) is 4. The van der Waals surface area contributed by atoms with Gasteiger partial charge < -0.3 is 63.6 Å². The van der Waals surface area contributed by atoms with Crippen molar-refractivity contribution in [2.24, 2.45) is 0 Å². The highest BCUT2D eigenvalue weighted by Gasteiger charge is 2.50. The van der Waals surface area contributed by atoms with E-state index in [0.29, 0.717) is 19.8 Å². The van der Waals surface area contributed by atoms with Crippen LogP contribution in [0.25, 0.3) is 0 Å². The molecule has 0 aromatic heterocycles. The molecule has 94 heavy (non-hydrogen) atoms. The third-order valence-corrected chi connectivity index (χ3v) is 62.8. The summed E-state index contributed by atoms with van der Waals surface area (Å²) in [6, 6.07) is 2.77. The maximum absolute atomic E-state index is 6.80. The average molecular weight is 1620 g/mol. The minimum absolute atomic E-state index is 0. The highest BCUT2D eigenvalue weighted by Crippen LogP contribution is 2.33. The van der Waals surface area contributed by atoms with Gasteiger partial charge in [0.15, 0.2) is 56.0 Å². The molecule has 0 aliphatic heterocycles. The molecule has 0 atom stereocenters. The van der Waals surface area contributed by atoms with Crippen LogP contribution in [0.2, 0.25) is 234 Å². The van der Waals surface area contributed by atoms with Crippen molar-refractivity contribution in [1.29, 1.82) is 0 Å². The van der Waals surface area contributed by atoms with Gasteiger partial charge in [-0.3, -0.25) is 0 Å². The van der Waals surface area contributed by atoms with Crippen molar-refractivity contribution in [2.45, 2.75) is 345 Å². The van der Waals surface area contributed by atoms with E-state index in [4.69, 9.17) is 63.7 Å². The first kappa shape index (κ1) is 120. The second-order valence-corrected chi connectivity index (χ2v) is 91.4. The number of rotatable bonds is 44. The first-order valence-corrected chi connectivity index (χ1v) is 76.2. The molecule has 0 aromatic rings. The van der Waals surface area contributed by atoms with Gasteiger partial charge in [-0.15, -0.1) is 0 Å². The molecule has 0 unspecified atom stereocenters. The van der Waals surface area contributed by atoms with Crippen LogP contribution in [0.5, 0.6) is 0 Å². The molecule has 0 radical (unpaired) electrons. The van der Waals surface area contributed by atoms with E-state index in [1.165, 1.54) is 7.11 Å². The van der Waals surface area contributed by atoms with E-state index in [0.717, 1.165) is 69.7 Å². The largest absolute Gasteiger partial charge is 0.448 e. The zero-order valence-electron chi connectivity index (χ0n) is 62.2. The third kappa shape index (κ3) is 76.4. The van der Waals surface area contributed by atoms with Crippen LogP contribution >= 0.6 is 0 Å². The molecule has 0 rings (SSSR count). The molecule has 0 saturated heterocycles. The predicted molar refractivity (Wildman–Crippen MR) is 446 cm³/mol. The van der Waals surface area contributed by atoms with Gasteiger partial charge in [0.25, 0.3) is 0 Å². The first-order valence-electron chi connectivity index (χ1n) is 31.3. The molecule has 582 valence electrons. The van der Waals surface area contributed by atoms with Gasteiger partial charge >= 0.3 is 77.0 Å². The molecule has 0 aliphatic carbocycles. The maximum Gasteiger partial charge on any atom is 0.317 e. The summed E-state index contributed by atoms with van der Waals surface area (Å²) < 4.78 is 94.2. The molecule has 34 heteroatoms. The normalized spacial score (nSPS) is 13.0. The van der Waals surface area contributed by atoms with Crippen LogP contribution in [-0.4, -0.2) is 168 Å². The van der Waals surface area contributed by atoms with E-state index in [-0.39, 0.29) is 59.4 Å². The third-order valence-electron chi connectivity index (χ3n) is 10.3. The molecule has 19 nitrogen and oxygen atoms in total. The van der Waals surface area contributed by atoms with E-state index in [9.17, 15) is 0 Å². The fraction of sp³-hybridized carbons (Fsp3) is 0.967. The van der Waals surface area contributed by atoms with Crippen LogP contribution in [-0.2, 0) is 83.4 Å². The lowest BCUT2D eigenvalue weighted by Crippen LogP contribution is -2.59.